The van der Waals surface area contributed by atoms with Crippen LogP contribution in [-0.2, 0) is 10.0 Å². The van der Waals surface area contributed by atoms with Crippen LogP contribution >= 0.6 is 11.6 Å². The van der Waals surface area contributed by atoms with E-state index in [0.717, 1.165) is 5.56 Å². The van der Waals surface area contributed by atoms with Crippen molar-refractivity contribution >= 4 is 44.7 Å². The third-order valence-electron chi connectivity index (χ3n) is 3.69. The summed E-state index contributed by atoms with van der Waals surface area (Å²) in [5.41, 5.74) is 1.71. The van der Waals surface area contributed by atoms with Crippen LogP contribution in [0.15, 0.2) is 53.4 Å². The van der Waals surface area contributed by atoms with E-state index in [2.05, 4.69) is 9.71 Å². The minimum atomic E-state index is -3.85. The molecule has 1 heterocycles. The number of fused-ring (bicyclic) bond motifs is 1. The van der Waals surface area contributed by atoms with Crippen molar-refractivity contribution in [3.8, 4) is 5.75 Å². The average Bonchev–Trinajstić information content (AvgIpc) is 2.63. The van der Waals surface area contributed by atoms with Gasteiger partial charge in [0, 0.05) is 5.39 Å². The van der Waals surface area contributed by atoms with E-state index in [1.165, 1.54) is 13.1 Å². The van der Waals surface area contributed by atoms with Crippen LogP contribution < -0.4 is 4.72 Å². The minimum Gasteiger partial charge on any atom is -0.504 e. The molecule has 2 aromatic carbocycles. The van der Waals surface area contributed by atoms with Crippen LogP contribution in [0.5, 0.6) is 5.75 Å². The zero-order chi connectivity index (χ0) is 18.0. The van der Waals surface area contributed by atoms with Gasteiger partial charge in [0.1, 0.15) is 10.4 Å². The molecular weight excluding hydrogens is 360 g/mol. The van der Waals surface area contributed by atoms with E-state index < -0.39 is 15.8 Å². The topological polar surface area (TPSA) is 79.3 Å². The molecule has 3 aromatic rings. The second kappa shape index (κ2) is 6.84. The summed E-state index contributed by atoms with van der Waals surface area (Å²) in [5.74, 6) is -0.427. The molecule has 1 aromatic heterocycles. The molecule has 0 saturated heterocycles. The van der Waals surface area contributed by atoms with Crippen molar-refractivity contribution in [2.45, 2.75) is 4.90 Å². The predicted octanol–water partition coefficient (Wildman–Crippen LogP) is 3.67. The summed E-state index contributed by atoms with van der Waals surface area (Å²) in [7, 11) is -2.59. The molecule has 0 aliphatic rings. The monoisotopic (exact) mass is 374 g/mol. The van der Waals surface area contributed by atoms with Crippen molar-refractivity contribution in [2.24, 2.45) is 0 Å². The average molecular weight is 375 g/mol. The van der Waals surface area contributed by atoms with Gasteiger partial charge in [-0.1, -0.05) is 48.0 Å². The van der Waals surface area contributed by atoms with Crippen LogP contribution in [-0.4, -0.2) is 25.6 Å². The largest absolute Gasteiger partial charge is 0.504 e. The smallest absolute Gasteiger partial charge is 0.244 e. The fourth-order valence-corrected chi connectivity index (χ4v) is 3.55. The standard InChI is InChI=1S/C18H15ClN2O3S/c1-20-25(23,24)16-11-15(19)14-10-9-13(21-17(14)18(16)22)8-7-12-5-3-2-4-6-12/h2-11,20,22H,1H3/b8-7+. The number of halogens is 1. The Morgan fingerprint density at radius 3 is 2.52 bits per heavy atom. The number of phenols is 1. The number of benzene rings is 2. The van der Waals surface area contributed by atoms with Gasteiger partial charge in [0.2, 0.25) is 10.0 Å². The zero-order valence-corrected chi connectivity index (χ0v) is 14.8. The van der Waals surface area contributed by atoms with Crippen LogP contribution in [0.2, 0.25) is 5.02 Å². The molecule has 0 spiro atoms. The first-order valence-corrected chi connectivity index (χ1v) is 9.27. The second-order valence-electron chi connectivity index (χ2n) is 5.29. The summed E-state index contributed by atoms with van der Waals surface area (Å²) in [6.07, 6.45) is 3.66. The molecule has 0 fully saturated rings. The number of hydrogen-bond acceptors (Lipinski definition) is 4. The SMILES string of the molecule is CNS(=O)(=O)c1cc(Cl)c2ccc(/C=C/c3ccccc3)nc2c1O. The zero-order valence-electron chi connectivity index (χ0n) is 13.3. The number of rotatable bonds is 4. The Morgan fingerprint density at radius 1 is 1.12 bits per heavy atom. The molecule has 0 radical (unpaired) electrons. The maximum Gasteiger partial charge on any atom is 0.244 e. The Morgan fingerprint density at radius 2 is 1.84 bits per heavy atom. The number of phenolic OH excluding ortho intramolecular Hbond substituents is 1. The summed E-state index contributed by atoms with van der Waals surface area (Å²) in [6.45, 7) is 0. The summed E-state index contributed by atoms with van der Waals surface area (Å²) in [4.78, 5) is 4.04. The molecule has 2 N–H and O–H groups in total. The minimum absolute atomic E-state index is 0.136. The van der Waals surface area contributed by atoms with E-state index in [-0.39, 0.29) is 15.4 Å². The molecule has 0 bridgehead atoms. The lowest BCUT2D eigenvalue weighted by Gasteiger charge is -2.10. The van der Waals surface area contributed by atoms with Gasteiger partial charge in [0.15, 0.2) is 5.75 Å². The Labute approximate surface area is 150 Å². The fraction of sp³-hybridized carbons (Fsp3) is 0.0556. The maximum atomic E-state index is 12.0. The highest BCUT2D eigenvalue weighted by molar-refractivity contribution is 7.89. The van der Waals surface area contributed by atoms with E-state index in [4.69, 9.17) is 11.6 Å². The molecular formula is C18H15ClN2O3S. The molecule has 0 saturated carbocycles. The molecule has 5 nitrogen and oxygen atoms in total. The third-order valence-corrected chi connectivity index (χ3v) is 5.43. The highest BCUT2D eigenvalue weighted by Crippen LogP contribution is 2.35. The second-order valence-corrected chi connectivity index (χ2v) is 7.55. The van der Waals surface area contributed by atoms with Gasteiger partial charge in [-0.05, 0) is 36.9 Å². The van der Waals surface area contributed by atoms with Crippen molar-refractivity contribution in [3.05, 3.63) is 64.8 Å². The van der Waals surface area contributed by atoms with Crippen LogP contribution in [0.3, 0.4) is 0 Å². The van der Waals surface area contributed by atoms with E-state index in [0.29, 0.717) is 11.1 Å². The normalized spacial score (nSPS) is 12.1. The summed E-state index contributed by atoms with van der Waals surface area (Å²) in [6, 6.07) is 14.3. The lowest BCUT2D eigenvalue weighted by molar-refractivity contribution is 0.463. The maximum absolute atomic E-state index is 12.0. The fourth-order valence-electron chi connectivity index (χ4n) is 2.38. The Balaban J connectivity index is 2.13. The van der Waals surface area contributed by atoms with Crippen LogP contribution in [0.25, 0.3) is 23.1 Å². The Bertz CT molecular complexity index is 1060. The Kier molecular flexibility index (Phi) is 4.76. The number of hydrogen-bond donors (Lipinski definition) is 2. The van der Waals surface area contributed by atoms with Crippen molar-refractivity contribution in [2.75, 3.05) is 7.05 Å². The number of sulfonamides is 1. The quantitative estimate of drug-likeness (QED) is 0.730. The number of aromatic hydroxyl groups is 1. The van der Waals surface area contributed by atoms with Gasteiger partial charge >= 0.3 is 0 Å². The van der Waals surface area contributed by atoms with Gasteiger partial charge < -0.3 is 5.11 Å². The van der Waals surface area contributed by atoms with Gasteiger partial charge in [-0.25, -0.2) is 18.1 Å². The van der Waals surface area contributed by atoms with Gasteiger partial charge in [0.05, 0.1) is 10.7 Å². The summed E-state index contributed by atoms with van der Waals surface area (Å²) < 4.78 is 26.2. The highest BCUT2D eigenvalue weighted by Gasteiger charge is 2.21. The number of aromatic nitrogens is 1. The van der Waals surface area contributed by atoms with Crippen LogP contribution in [0.4, 0.5) is 0 Å². The number of nitrogens with one attached hydrogen (secondary N) is 1. The highest BCUT2D eigenvalue weighted by atomic mass is 35.5. The molecule has 0 amide bonds. The van der Waals surface area contributed by atoms with Crippen molar-refractivity contribution in [1.82, 2.24) is 9.71 Å². The van der Waals surface area contributed by atoms with E-state index in [1.54, 1.807) is 18.2 Å². The lowest BCUT2D eigenvalue weighted by Crippen LogP contribution is -2.18. The molecule has 0 aliphatic heterocycles. The van der Waals surface area contributed by atoms with Crippen LogP contribution in [0.1, 0.15) is 11.3 Å². The van der Waals surface area contributed by atoms with Gasteiger partial charge in [-0.3, -0.25) is 0 Å². The van der Waals surface area contributed by atoms with Crippen LogP contribution in [0, 0.1) is 0 Å². The molecule has 3 rings (SSSR count). The first-order chi connectivity index (χ1) is 11.9. The molecule has 0 aliphatic carbocycles. The number of nitrogens with zero attached hydrogens (tertiary/aromatic N) is 1. The molecule has 0 unspecified atom stereocenters. The molecule has 7 heteroatoms. The lowest BCUT2D eigenvalue weighted by atomic mass is 10.1. The van der Waals surface area contributed by atoms with Gasteiger partial charge in [-0.15, -0.1) is 0 Å². The van der Waals surface area contributed by atoms with Gasteiger partial charge in [0.25, 0.3) is 0 Å². The van der Waals surface area contributed by atoms with Crippen molar-refractivity contribution < 1.29 is 13.5 Å². The molecule has 0 atom stereocenters. The van der Waals surface area contributed by atoms with E-state index >= 15 is 0 Å². The first kappa shape index (κ1) is 17.4. The summed E-state index contributed by atoms with van der Waals surface area (Å²) >= 11 is 6.16. The van der Waals surface area contributed by atoms with E-state index in [9.17, 15) is 13.5 Å². The van der Waals surface area contributed by atoms with Crippen molar-refractivity contribution in [3.63, 3.8) is 0 Å². The van der Waals surface area contributed by atoms with E-state index in [1.807, 2.05) is 36.4 Å². The van der Waals surface area contributed by atoms with Crippen molar-refractivity contribution in [1.29, 1.82) is 0 Å². The molecule has 128 valence electrons. The predicted molar refractivity (Wildman–Crippen MR) is 100 cm³/mol. The molecule has 25 heavy (non-hydrogen) atoms. The summed E-state index contributed by atoms with van der Waals surface area (Å²) in [5, 5.41) is 11.1. The number of pyridine rings is 1. The Hall–Kier alpha value is -2.41. The third kappa shape index (κ3) is 3.51. The van der Waals surface area contributed by atoms with Gasteiger partial charge in [-0.2, -0.15) is 0 Å². The first-order valence-electron chi connectivity index (χ1n) is 7.41.